The van der Waals surface area contributed by atoms with Crippen molar-refractivity contribution in [2.75, 3.05) is 13.2 Å². The molecule has 0 atom stereocenters. The summed E-state index contributed by atoms with van der Waals surface area (Å²) in [4.78, 5) is 0. The Bertz CT molecular complexity index is 95.0. The van der Waals surface area contributed by atoms with Crippen LogP contribution in [0.3, 0.4) is 0 Å². The van der Waals surface area contributed by atoms with Crippen molar-refractivity contribution >= 4 is 0 Å². The molecule has 1 aliphatic rings. The fourth-order valence-corrected chi connectivity index (χ4v) is 1.35. The number of rotatable bonds is 5. The Morgan fingerprint density at radius 2 is 2.09 bits per heavy atom. The first-order chi connectivity index (χ1) is 5.29. The second-order valence-electron chi connectivity index (χ2n) is 4.05. The minimum absolute atomic E-state index is 0.691. The molecule has 0 unspecified atom stereocenters. The van der Waals surface area contributed by atoms with Crippen molar-refractivity contribution in [3.63, 3.8) is 0 Å². The predicted molar refractivity (Wildman–Crippen MR) is 47.6 cm³/mol. The molecule has 11 heavy (non-hydrogen) atoms. The van der Waals surface area contributed by atoms with E-state index in [1.807, 2.05) is 0 Å². The van der Waals surface area contributed by atoms with Gasteiger partial charge in [-0.15, -0.1) is 0 Å². The third kappa shape index (κ3) is 3.76. The molecule has 0 amide bonds. The first-order valence-corrected chi connectivity index (χ1v) is 4.87. The zero-order chi connectivity index (χ0) is 8.10. The molecule has 0 heterocycles. The molecular weight excluding hydrogens is 136 g/mol. The monoisotopic (exact) mass is 156 g/mol. The predicted octanol–water partition coefficient (Wildman–Crippen LogP) is 2.85. The van der Waals surface area contributed by atoms with Crippen LogP contribution in [0.15, 0.2) is 0 Å². The van der Waals surface area contributed by atoms with Gasteiger partial charge in [-0.1, -0.05) is 33.1 Å². The molecule has 0 aliphatic heterocycles. The van der Waals surface area contributed by atoms with E-state index in [0.717, 1.165) is 19.1 Å². The largest absolute Gasteiger partial charge is 0.381 e. The molecule has 1 nitrogen and oxygen atoms in total. The lowest BCUT2D eigenvalue weighted by Gasteiger charge is -2.25. The second-order valence-corrected chi connectivity index (χ2v) is 4.05. The van der Waals surface area contributed by atoms with Crippen LogP contribution in [0.4, 0.5) is 0 Å². The summed E-state index contributed by atoms with van der Waals surface area (Å²) in [5.74, 6) is 1.69. The van der Waals surface area contributed by atoms with Crippen LogP contribution in [0.25, 0.3) is 0 Å². The third-order valence-corrected chi connectivity index (χ3v) is 2.35. The Morgan fingerprint density at radius 1 is 1.36 bits per heavy atom. The molecule has 0 aromatic rings. The van der Waals surface area contributed by atoms with Gasteiger partial charge >= 0.3 is 0 Å². The van der Waals surface area contributed by atoms with Crippen LogP contribution >= 0.6 is 0 Å². The first kappa shape index (κ1) is 9.05. The van der Waals surface area contributed by atoms with Gasteiger partial charge < -0.3 is 4.74 Å². The lowest BCUT2D eigenvalue weighted by atomic mass is 9.83. The van der Waals surface area contributed by atoms with Crippen LogP contribution in [0.2, 0.25) is 0 Å². The molecule has 1 heteroatoms. The van der Waals surface area contributed by atoms with Gasteiger partial charge in [0.1, 0.15) is 0 Å². The van der Waals surface area contributed by atoms with Gasteiger partial charge in [0.25, 0.3) is 0 Å². The van der Waals surface area contributed by atoms with Crippen LogP contribution in [0.1, 0.15) is 39.5 Å². The maximum atomic E-state index is 5.50. The SMILES string of the molecule is CC(C)COCCC1CCC1. The summed E-state index contributed by atoms with van der Waals surface area (Å²) in [7, 11) is 0. The summed E-state index contributed by atoms with van der Waals surface area (Å²) in [6, 6.07) is 0. The summed E-state index contributed by atoms with van der Waals surface area (Å²) in [5, 5.41) is 0. The quantitative estimate of drug-likeness (QED) is 0.556. The highest BCUT2D eigenvalue weighted by Crippen LogP contribution is 2.29. The van der Waals surface area contributed by atoms with Gasteiger partial charge in [0.15, 0.2) is 0 Å². The van der Waals surface area contributed by atoms with Crippen molar-refractivity contribution in [3.05, 3.63) is 0 Å². The second kappa shape index (κ2) is 4.76. The summed E-state index contributed by atoms with van der Waals surface area (Å²) in [6.07, 6.45) is 5.65. The third-order valence-electron chi connectivity index (χ3n) is 2.35. The Labute approximate surface area is 70.1 Å². The summed E-state index contributed by atoms with van der Waals surface area (Å²) in [5.41, 5.74) is 0. The minimum Gasteiger partial charge on any atom is -0.381 e. The molecule has 0 N–H and O–H groups in total. The van der Waals surface area contributed by atoms with Gasteiger partial charge in [-0.2, -0.15) is 0 Å². The first-order valence-electron chi connectivity index (χ1n) is 4.87. The summed E-state index contributed by atoms with van der Waals surface area (Å²) in [6.45, 7) is 6.32. The van der Waals surface area contributed by atoms with Crippen LogP contribution in [-0.4, -0.2) is 13.2 Å². The highest BCUT2D eigenvalue weighted by atomic mass is 16.5. The lowest BCUT2D eigenvalue weighted by Crippen LogP contribution is -2.14. The average molecular weight is 156 g/mol. The van der Waals surface area contributed by atoms with Gasteiger partial charge in [0, 0.05) is 13.2 Å². The Balaban J connectivity index is 1.80. The standard InChI is InChI=1S/C10H20O/c1-9(2)8-11-7-6-10-4-3-5-10/h9-10H,3-8H2,1-2H3. The molecule has 1 fully saturated rings. The maximum Gasteiger partial charge on any atom is 0.0488 e. The van der Waals surface area contributed by atoms with E-state index in [1.54, 1.807) is 0 Å². The van der Waals surface area contributed by atoms with E-state index < -0.39 is 0 Å². The molecule has 0 saturated heterocycles. The molecule has 0 aromatic heterocycles. The van der Waals surface area contributed by atoms with Gasteiger partial charge in [-0.3, -0.25) is 0 Å². The van der Waals surface area contributed by atoms with Crippen molar-refractivity contribution in [3.8, 4) is 0 Å². The highest BCUT2D eigenvalue weighted by Gasteiger charge is 2.16. The van der Waals surface area contributed by atoms with Crippen molar-refractivity contribution in [1.29, 1.82) is 0 Å². The fourth-order valence-electron chi connectivity index (χ4n) is 1.35. The van der Waals surface area contributed by atoms with E-state index in [9.17, 15) is 0 Å². The molecule has 0 aromatic carbocycles. The van der Waals surface area contributed by atoms with Crippen molar-refractivity contribution in [2.45, 2.75) is 39.5 Å². The van der Waals surface area contributed by atoms with Crippen molar-refractivity contribution < 1.29 is 4.74 Å². The lowest BCUT2D eigenvalue weighted by molar-refractivity contribution is 0.0874. The molecular formula is C10H20O. The van der Waals surface area contributed by atoms with E-state index in [1.165, 1.54) is 25.7 Å². The van der Waals surface area contributed by atoms with E-state index in [-0.39, 0.29) is 0 Å². The molecule has 0 spiro atoms. The molecule has 1 rings (SSSR count). The Kier molecular flexibility index (Phi) is 3.92. The number of hydrogen-bond acceptors (Lipinski definition) is 1. The minimum atomic E-state index is 0.691. The molecule has 66 valence electrons. The average Bonchev–Trinajstić information content (AvgIpc) is 1.82. The fraction of sp³-hybridized carbons (Fsp3) is 1.00. The Hall–Kier alpha value is -0.0400. The smallest absolute Gasteiger partial charge is 0.0488 e. The normalized spacial score (nSPS) is 18.8. The van der Waals surface area contributed by atoms with Gasteiger partial charge in [-0.05, 0) is 18.3 Å². The molecule has 0 bridgehead atoms. The van der Waals surface area contributed by atoms with Gasteiger partial charge in [0.05, 0.1) is 0 Å². The van der Waals surface area contributed by atoms with Crippen molar-refractivity contribution in [1.82, 2.24) is 0 Å². The van der Waals surface area contributed by atoms with Crippen LogP contribution in [0, 0.1) is 11.8 Å². The van der Waals surface area contributed by atoms with E-state index >= 15 is 0 Å². The van der Waals surface area contributed by atoms with E-state index in [4.69, 9.17) is 4.74 Å². The number of ether oxygens (including phenoxy) is 1. The van der Waals surface area contributed by atoms with Gasteiger partial charge in [0.2, 0.25) is 0 Å². The molecule has 1 saturated carbocycles. The van der Waals surface area contributed by atoms with Crippen LogP contribution in [-0.2, 0) is 4.74 Å². The topological polar surface area (TPSA) is 9.23 Å². The number of hydrogen-bond donors (Lipinski definition) is 0. The van der Waals surface area contributed by atoms with Gasteiger partial charge in [-0.25, -0.2) is 0 Å². The van der Waals surface area contributed by atoms with E-state index in [2.05, 4.69) is 13.8 Å². The summed E-state index contributed by atoms with van der Waals surface area (Å²) < 4.78 is 5.50. The molecule has 1 aliphatic carbocycles. The zero-order valence-electron chi connectivity index (χ0n) is 7.81. The maximum absolute atomic E-state index is 5.50. The van der Waals surface area contributed by atoms with E-state index in [0.29, 0.717) is 5.92 Å². The van der Waals surface area contributed by atoms with Crippen molar-refractivity contribution in [2.24, 2.45) is 11.8 Å². The summed E-state index contributed by atoms with van der Waals surface area (Å²) >= 11 is 0. The van der Waals surface area contributed by atoms with Crippen LogP contribution < -0.4 is 0 Å². The molecule has 0 radical (unpaired) electrons. The highest BCUT2D eigenvalue weighted by molar-refractivity contribution is 4.68. The van der Waals surface area contributed by atoms with Crippen LogP contribution in [0.5, 0.6) is 0 Å². The zero-order valence-corrected chi connectivity index (χ0v) is 7.81. The Morgan fingerprint density at radius 3 is 2.55 bits per heavy atom.